The topological polar surface area (TPSA) is 53.4 Å². The monoisotopic (exact) mass is 328 g/mol. The fourth-order valence-electron chi connectivity index (χ4n) is 4.00. The molecule has 0 aromatic carbocycles. The average Bonchev–Trinajstić information content (AvgIpc) is 3.09. The summed E-state index contributed by atoms with van der Waals surface area (Å²) >= 11 is 0. The Kier molecular flexibility index (Phi) is 5.67. The number of carbonyl (C=O) groups is 1. The summed E-state index contributed by atoms with van der Waals surface area (Å²) < 4.78 is 0. The second-order valence-corrected chi connectivity index (χ2v) is 7.15. The van der Waals surface area contributed by atoms with Crippen LogP contribution < -0.4 is 0 Å². The second kappa shape index (κ2) is 7.93. The van der Waals surface area contributed by atoms with Gasteiger partial charge in [0.15, 0.2) is 0 Å². The molecule has 0 radical (unpaired) electrons. The van der Waals surface area contributed by atoms with Gasteiger partial charge in [-0.15, -0.1) is 0 Å². The lowest BCUT2D eigenvalue weighted by atomic mass is 9.85. The first-order valence-electron chi connectivity index (χ1n) is 9.24. The zero-order valence-electron chi connectivity index (χ0n) is 14.4. The lowest BCUT2D eigenvalue weighted by Gasteiger charge is -2.31. The molecule has 4 nitrogen and oxygen atoms in total. The first-order valence-corrected chi connectivity index (χ1v) is 9.24. The Hall–Kier alpha value is -1.68. The number of nitrogens with zero attached hydrogens (tertiary/aromatic N) is 2. The largest absolute Gasteiger partial charge is 0.391 e. The van der Waals surface area contributed by atoms with Crippen molar-refractivity contribution >= 4 is 5.91 Å². The van der Waals surface area contributed by atoms with Gasteiger partial charge in [-0.3, -0.25) is 9.78 Å². The summed E-state index contributed by atoms with van der Waals surface area (Å²) in [6, 6.07) is 4.15. The van der Waals surface area contributed by atoms with Gasteiger partial charge >= 0.3 is 0 Å². The number of amides is 1. The molecule has 0 bridgehead atoms. The maximum atomic E-state index is 12.2. The van der Waals surface area contributed by atoms with Crippen molar-refractivity contribution in [2.45, 2.75) is 64.0 Å². The zero-order chi connectivity index (χ0) is 16.9. The predicted octanol–water partition coefficient (Wildman–Crippen LogP) is 3.03. The van der Waals surface area contributed by atoms with Crippen LogP contribution >= 0.6 is 0 Å². The van der Waals surface area contributed by atoms with E-state index in [0.717, 1.165) is 31.4 Å². The highest BCUT2D eigenvalue weighted by Gasteiger charge is 2.25. The molecule has 1 saturated carbocycles. The van der Waals surface area contributed by atoms with E-state index in [9.17, 15) is 9.90 Å². The molecule has 1 atom stereocenters. The van der Waals surface area contributed by atoms with Crippen LogP contribution in [-0.4, -0.2) is 33.5 Å². The Labute approximate surface area is 144 Å². The molecule has 3 rings (SSSR count). The molecule has 0 aliphatic heterocycles. The molecule has 4 heteroatoms. The lowest BCUT2D eigenvalue weighted by Crippen LogP contribution is -2.40. The van der Waals surface area contributed by atoms with E-state index in [1.807, 2.05) is 6.07 Å². The van der Waals surface area contributed by atoms with Gasteiger partial charge in [0.2, 0.25) is 5.91 Å². The van der Waals surface area contributed by atoms with E-state index in [1.165, 1.54) is 43.0 Å². The number of pyridine rings is 1. The molecule has 2 aliphatic carbocycles. The average molecular weight is 328 g/mol. The third kappa shape index (κ3) is 4.04. The van der Waals surface area contributed by atoms with Crippen LogP contribution in [0, 0.1) is 5.92 Å². The van der Waals surface area contributed by atoms with Crippen LogP contribution in [0.5, 0.6) is 0 Å². The number of aliphatic hydroxyl groups excluding tert-OH is 1. The van der Waals surface area contributed by atoms with Crippen molar-refractivity contribution in [3.05, 3.63) is 41.7 Å². The van der Waals surface area contributed by atoms with E-state index in [-0.39, 0.29) is 5.91 Å². The minimum absolute atomic E-state index is 0.132. The van der Waals surface area contributed by atoms with Crippen LogP contribution in [0.3, 0.4) is 0 Å². The fraction of sp³-hybridized carbons (Fsp3) is 0.600. The highest BCUT2D eigenvalue weighted by atomic mass is 16.3. The number of aryl methyl sites for hydroxylation is 2. The second-order valence-electron chi connectivity index (χ2n) is 7.15. The van der Waals surface area contributed by atoms with Gasteiger partial charge in [0.05, 0.1) is 18.3 Å². The van der Waals surface area contributed by atoms with E-state index in [4.69, 9.17) is 4.98 Å². The van der Waals surface area contributed by atoms with Crippen molar-refractivity contribution in [2.75, 3.05) is 6.54 Å². The smallest absolute Gasteiger partial charge is 0.246 e. The molecule has 130 valence electrons. The molecule has 2 aliphatic rings. The Morgan fingerprint density at radius 2 is 2.08 bits per heavy atom. The van der Waals surface area contributed by atoms with Crippen molar-refractivity contribution in [3.8, 4) is 0 Å². The number of hydrogen-bond donors (Lipinski definition) is 1. The molecule has 1 heterocycles. The minimum Gasteiger partial charge on any atom is -0.391 e. The molecule has 1 N–H and O–H groups in total. The third-order valence-corrected chi connectivity index (χ3v) is 5.43. The molecule has 1 fully saturated rings. The molecular formula is C20H28N2O2. The van der Waals surface area contributed by atoms with Crippen LogP contribution in [0.4, 0.5) is 0 Å². The number of carbonyl (C=O) groups excluding carboxylic acids is 1. The summed E-state index contributed by atoms with van der Waals surface area (Å²) in [6.07, 6.45) is 9.95. The van der Waals surface area contributed by atoms with Gasteiger partial charge in [-0.05, 0) is 55.7 Å². The van der Waals surface area contributed by atoms with Crippen molar-refractivity contribution < 1.29 is 9.90 Å². The van der Waals surface area contributed by atoms with Crippen molar-refractivity contribution in [1.29, 1.82) is 0 Å². The van der Waals surface area contributed by atoms with E-state index in [1.54, 1.807) is 4.90 Å². The Balaban J connectivity index is 1.67. The third-order valence-electron chi connectivity index (χ3n) is 5.43. The number of aliphatic hydroxyl groups is 1. The molecule has 0 saturated heterocycles. The van der Waals surface area contributed by atoms with E-state index in [2.05, 4.69) is 12.6 Å². The Morgan fingerprint density at radius 1 is 1.29 bits per heavy atom. The van der Waals surface area contributed by atoms with Gasteiger partial charge in [-0.2, -0.15) is 0 Å². The maximum absolute atomic E-state index is 12.2. The number of aromatic nitrogens is 1. The Bertz CT molecular complexity index is 593. The minimum atomic E-state index is -0.455. The van der Waals surface area contributed by atoms with Gasteiger partial charge in [-0.25, -0.2) is 0 Å². The maximum Gasteiger partial charge on any atom is 0.246 e. The number of hydrogen-bond acceptors (Lipinski definition) is 3. The highest BCUT2D eigenvalue weighted by molar-refractivity contribution is 5.86. The van der Waals surface area contributed by atoms with E-state index >= 15 is 0 Å². The van der Waals surface area contributed by atoms with Crippen LogP contribution in [0.25, 0.3) is 0 Å². The number of rotatable bonds is 6. The van der Waals surface area contributed by atoms with E-state index in [0.29, 0.717) is 19.0 Å². The van der Waals surface area contributed by atoms with Crippen LogP contribution in [0.1, 0.15) is 55.5 Å². The summed E-state index contributed by atoms with van der Waals surface area (Å²) in [4.78, 5) is 18.6. The van der Waals surface area contributed by atoms with Crippen molar-refractivity contribution in [3.63, 3.8) is 0 Å². The fourth-order valence-corrected chi connectivity index (χ4v) is 4.00. The summed E-state index contributed by atoms with van der Waals surface area (Å²) in [6.45, 7) is 4.42. The van der Waals surface area contributed by atoms with Crippen LogP contribution in [0.15, 0.2) is 24.8 Å². The van der Waals surface area contributed by atoms with Crippen LogP contribution in [0.2, 0.25) is 0 Å². The standard InChI is InChI=1S/C20H28N2O2/c1-2-20(24)22(14-19(23)16-7-4-3-5-8-16)13-17-12-11-15-9-6-10-18(15)21-17/h2,11-12,16,19,23H,1,3-10,13-14H2. The van der Waals surface area contributed by atoms with Gasteiger partial charge in [0.25, 0.3) is 0 Å². The molecule has 1 unspecified atom stereocenters. The van der Waals surface area contributed by atoms with Gasteiger partial charge in [0.1, 0.15) is 0 Å². The van der Waals surface area contributed by atoms with Crippen molar-refractivity contribution in [1.82, 2.24) is 9.88 Å². The molecule has 24 heavy (non-hydrogen) atoms. The van der Waals surface area contributed by atoms with E-state index < -0.39 is 6.10 Å². The highest BCUT2D eigenvalue weighted by Crippen LogP contribution is 2.27. The molecule has 1 aromatic heterocycles. The lowest BCUT2D eigenvalue weighted by molar-refractivity contribution is -0.128. The summed E-state index contributed by atoms with van der Waals surface area (Å²) in [5.74, 6) is 0.180. The van der Waals surface area contributed by atoms with Gasteiger partial charge in [-0.1, -0.05) is 31.9 Å². The molecule has 1 amide bonds. The molecular weight excluding hydrogens is 300 g/mol. The quantitative estimate of drug-likeness (QED) is 0.817. The van der Waals surface area contributed by atoms with Gasteiger partial charge in [0, 0.05) is 12.2 Å². The van der Waals surface area contributed by atoms with Gasteiger partial charge < -0.3 is 10.0 Å². The molecule has 0 spiro atoms. The normalized spacial score (nSPS) is 18.9. The first kappa shape index (κ1) is 17.2. The zero-order valence-corrected chi connectivity index (χ0v) is 14.4. The molecule has 1 aromatic rings. The predicted molar refractivity (Wildman–Crippen MR) is 94.5 cm³/mol. The first-order chi connectivity index (χ1) is 11.7. The number of fused-ring (bicyclic) bond motifs is 1. The summed E-state index contributed by atoms with van der Waals surface area (Å²) in [7, 11) is 0. The SMILES string of the molecule is C=CC(=O)N(Cc1ccc2c(n1)CCC2)CC(O)C1CCCCC1. The Morgan fingerprint density at radius 3 is 2.83 bits per heavy atom. The summed E-state index contributed by atoms with van der Waals surface area (Å²) in [5.41, 5.74) is 3.41. The van der Waals surface area contributed by atoms with Crippen molar-refractivity contribution in [2.24, 2.45) is 5.92 Å². The summed E-state index contributed by atoms with van der Waals surface area (Å²) in [5, 5.41) is 10.6. The van der Waals surface area contributed by atoms with Crippen LogP contribution in [-0.2, 0) is 24.2 Å².